The molecule has 1 aromatic rings. The summed E-state index contributed by atoms with van der Waals surface area (Å²) in [7, 11) is 0. The third-order valence-corrected chi connectivity index (χ3v) is 5.70. The fourth-order valence-corrected chi connectivity index (χ4v) is 4.15. The Kier molecular flexibility index (Phi) is 5.54. The fraction of sp³-hybridized carbons (Fsp3) is 0.696. The summed E-state index contributed by atoms with van der Waals surface area (Å²) in [6.45, 7) is 15.7. The van der Waals surface area contributed by atoms with Crippen molar-refractivity contribution in [1.82, 2.24) is 10.2 Å². The number of urea groups is 1. The SMILES string of the molecule is CC(C)(C)Cc1ccc2c(c1)OCC(CC(C)(C)CN1C(=O)NC(O)C1(C)C)O2. The minimum atomic E-state index is -0.866. The Bertz CT molecular complexity index is 767. The number of carbonyl (C=O) groups is 1. The van der Waals surface area contributed by atoms with E-state index in [4.69, 9.17) is 9.47 Å². The molecule has 2 heterocycles. The molecule has 0 saturated carbocycles. The molecule has 2 aliphatic rings. The van der Waals surface area contributed by atoms with Crippen LogP contribution in [0.25, 0.3) is 0 Å². The molecule has 29 heavy (non-hydrogen) atoms. The van der Waals surface area contributed by atoms with Crippen LogP contribution in [-0.2, 0) is 6.42 Å². The van der Waals surface area contributed by atoms with Gasteiger partial charge in [-0.15, -0.1) is 0 Å². The summed E-state index contributed by atoms with van der Waals surface area (Å²) in [5.41, 5.74) is 0.629. The standard InChI is InChI=1S/C23H36N2O4/c1-21(2,3)11-15-8-9-17-18(10-15)28-13-16(29-17)12-22(4,5)14-25-20(27)24-19(26)23(25,6)7/h8-10,16,19,26H,11-14H2,1-7H3,(H,24,27). The topological polar surface area (TPSA) is 71.0 Å². The smallest absolute Gasteiger partial charge is 0.320 e. The zero-order valence-corrected chi connectivity index (χ0v) is 18.8. The molecular weight excluding hydrogens is 368 g/mol. The van der Waals surface area contributed by atoms with E-state index >= 15 is 0 Å². The molecule has 2 amide bonds. The van der Waals surface area contributed by atoms with E-state index in [0.29, 0.717) is 13.2 Å². The molecule has 2 atom stereocenters. The van der Waals surface area contributed by atoms with Crippen molar-refractivity contribution in [2.75, 3.05) is 13.2 Å². The molecule has 0 aliphatic carbocycles. The lowest BCUT2D eigenvalue weighted by Crippen LogP contribution is -2.50. The number of hydrogen-bond donors (Lipinski definition) is 2. The van der Waals surface area contributed by atoms with Gasteiger partial charge in [-0.25, -0.2) is 4.79 Å². The molecule has 1 saturated heterocycles. The van der Waals surface area contributed by atoms with E-state index in [-0.39, 0.29) is 23.0 Å². The molecule has 6 nitrogen and oxygen atoms in total. The minimum absolute atomic E-state index is 0.0790. The Morgan fingerprint density at radius 2 is 1.90 bits per heavy atom. The summed E-state index contributed by atoms with van der Waals surface area (Å²) in [6.07, 6.45) is 0.782. The first-order valence-electron chi connectivity index (χ1n) is 10.5. The average molecular weight is 405 g/mol. The number of nitrogens with zero attached hydrogens (tertiary/aromatic N) is 1. The number of aliphatic hydroxyl groups excluding tert-OH is 1. The van der Waals surface area contributed by atoms with Crippen LogP contribution >= 0.6 is 0 Å². The van der Waals surface area contributed by atoms with E-state index in [1.54, 1.807) is 4.90 Å². The highest BCUT2D eigenvalue weighted by atomic mass is 16.6. The van der Waals surface area contributed by atoms with Gasteiger partial charge < -0.3 is 24.8 Å². The van der Waals surface area contributed by atoms with Crippen LogP contribution in [0.3, 0.4) is 0 Å². The predicted molar refractivity (Wildman–Crippen MR) is 113 cm³/mol. The van der Waals surface area contributed by atoms with Gasteiger partial charge in [-0.2, -0.15) is 0 Å². The number of fused-ring (bicyclic) bond motifs is 1. The van der Waals surface area contributed by atoms with Crippen LogP contribution in [-0.4, -0.2) is 47.1 Å². The van der Waals surface area contributed by atoms with Gasteiger partial charge in [0.15, 0.2) is 17.7 Å². The summed E-state index contributed by atoms with van der Waals surface area (Å²) in [5.74, 6) is 1.59. The summed E-state index contributed by atoms with van der Waals surface area (Å²) in [5, 5.41) is 12.7. The lowest BCUT2D eigenvalue weighted by atomic mass is 9.84. The van der Waals surface area contributed by atoms with Crippen LogP contribution in [0.15, 0.2) is 18.2 Å². The molecule has 0 radical (unpaired) electrons. The zero-order chi connectivity index (χ0) is 21.6. The van der Waals surface area contributed by atoms with Crippen LogP contribution < -0.4 is 14.8 Å². The minimum Gasteiger partial charge on any atom is -0.486 e. The maximum atomic E-state index is 12.3. The number of carbonyl (C=O) groups excluding carboxylic acids is 1. The first-order chi connectivity index (χ1) is 13.3. The number of aliphatic hydroxyl groups is 1. The number of ether oxygens (including phenoxy) is 2. The summed E-state index contributed by atoms with van der Waals surface area (Å²) in [4.78, 5) is 14.0. The second kappa shape index (κ2) is 7.38. The summed E-state index contributed by atoms with van der Waals surface area (Å²) < 4.78 is 12.3. The van der Waals surface area contributed by atoms with Crippen LogP contribution in [0, 0.1) is 10.8 Å². The molecule has 2 aliphatic heterocycles. The highest BCUT2D eigenvalue weighted by Crippen LogP contribution is 2.38. The maximum absolute atomic E-state index is 12.3. The average Bonchev–Trinajstić information content (AvgIpc) is 2.75. The van der Waals surface area contributed by atoms with Crippen molar-refractivity contribution in [3.8, 4) is 11.5 Å². The Balaban J connectivity index is 1.64. The lowest BCUT2D eigenvalue weighted by molar-refractivity contribution is 0.0162. The molecule has 1 fully saturated rings. The highest BCUT2D eigenvalue weighted by molar-refractivity contribution is 5.78. The van der Waals surface area contributed by atoms with E-state index in [1.165, 1.54) is 5.56 Å². The highest BCUT2D eigenvalue weighted by Gasteiger charge is 2.47. The Hall–Kier alpha value is -1.95. The van der Waals surface area contributed by atoms with Crippen molar-refractivity contribution < 1.29 is 19.4 Å². The van der Waals surface area contributed by atoms with E-state index in [0.717, 1.165) is 24.3 Å². The van der Waals surface area contributed by atoms with E-state index < -0.39 is 11.8 Å². The predicted octanol–water partition coefficient (Wildman–Crippen LogP) is 3.95. The molecule has 162 valence electrons. The number of rotatable bonds is 5. The molecule has 0 aromatic heterocycles. The van der Waals surface area contributed by atoms with Crippen molar-refractivity contribution >= 4 is 6.03 Å². The third kappa shape index (κ3) is 4.97. The van der Waals surface area contributed by atoms with Gasteiger partial charge in [0, 0.05) is 6.54 Å². The van der Waals surface area contributed by atoms with Crippen LogP contribution in [0.1, 0.15) is 60.5 Å². The first-order valence-corrected chi connectivity index (χ1v) is 10.5. The summed E-state index contributed by atoms with van der Waals surface area (Å²) in [6, 6.07) is 5.97. The zero-order valence-electron chi connectivity index (χ0n) is 18.8. The van der Waals surface area contributed by atoms with Crippen molar-refractivity contribution in [2.45, 2.75) is 79.2 Å². The maximum Gasteiger partial charge on any atom is 0.320 e. The molecule has 2 unspecified atom stereocenters. The second-order valence-corrected chi connectivity index (χ2v) is 11.0. The third-order valence-electron chi connectivity index (χ3n) is 5.70. The van der Waals surface area contributed by atoms with E-state index in [9.17, 15) is 9.90 Å². The van der Waals surface area contributed by atoms with Gasteiger partial charge in [-0.1, -0.05) is 40.7 Å². The number of hydrogen-bond acceptors (Lipinski definition) is 4. The van der Waals surface area contributed by atoms with Crippen LogP contribution in [0.4, 0.5) is 4.79 Å². The Labute approximate surface area is 174 Å². The lowest BCUT2D eigenvalue weighted by Gasteiger charge is -2.39. The van der Waals surface area contributed by atoms with Gasteiger partial charge in [-0.3, -0.25) is 0 Å². The van der Waals surface area contributed by atoms with Crippen LogP contribution in [0.2, 0.25) is 0 Å². The monoisotopic (exact) mass is 404 g/mol. The van der Waals surface area contributed by atoms with Gasteiger partial charge in [0.2, 0.25) is 0 Å². The number of benzene rings is 1. The fourth-order valence-electron chi connectivity index (χ4n) is 4.15. The molecule has 2 N–H and O–H groups in total. The quantitative estimate of drug-likeness (QED) is 0.779. The van der Waals surface area contributed by atoms with Gasteiger partial charge >= 0.3 is 6.03 Å². The van der Waals surface area contributed by atoms with E-state index in [1.807, 2.05) is 19.9 Å². The molecular formula is C23H36N2O4. The first kappa shape index (κ1) is 21.8. The Morgan fingerprint density at radius 1 is 1.21 bits per heavy atom. The molecule has 0 bridgehead atoms. The van der Waals surface area contributed by atoms with Gasteiger partial charge in [0.05, 0.1) is 5.54 Å². The van der Waals surface area contributed by atoms with Crippen LogP contribution in [0.5, 0.6) is 11.5 Å². The normalized spacial score (nSPS) is 23.9. The molecule has 3 rings (SSSR count). The van der Waals surface area contributed by atoms with E-state index in [2.05, 4.69) is 52.1 Å². The molecule has 0 spiro atoms. The number of nitrogens with one attached hydrogen (secondary N) is 1. The van der Waals surface area contributed by atoms with Gasteiger partial charge in [0.1, 0.15) is 12.7 Å². The van der Waals surface area contributed by atoms with Crippen molar-refractivity contribution in [1.29, 1.82) is 0 Å². The van der Waals surface area contributed by atoms with Crippen molar-refractivity contribution in [2.24, 2.45) is 10.8 Å². The van der Waals surface area contributed by atoms with Crippen molar-refractivity contribution in [3.05, 3.63) is 23.8 Å². The molecule has 6 heteroatoms. The number of amides is 2. The summed E-state index contributed by atoms with van der Waals surface area (Å²) >= 11 is 0. The second-order valence-electron chi connectivity index (χ2n) is 11.0. The van der Waals surface area contributed by atoms with Gasteiger partial charge in [0.25, 0.3) is 0 Å². The largest absolute Gasteiger partial charge is 0.486 e. The van der Waals surface area contributed by atoms with Crippen molar-refractivity contribution in [3.63, 3.8) is 0 Å². The van der Waals surface area contributed by atoms with Gasteiger partial charge in [-0.05, 0) is 55.2 Å². The molecule has 1 aromatic carbocycles. The Morgan fingerprint density at radius 3 is 2.48 bits per heavy atom.